The van der Waals surface area contributed by atoms with E-state index in [0.717, 1.165) is 16.7 Å². The monoisotopic (exact) mass is 217 g/mol. The van der Waals surface area contributed by atoms with Gasteiger partial charge >= 0.3 is 0 Å². The number of aliphatic hydroxyl groups is 1. The Hall–Kier alpha value is -1.68. The lowest BCUT2D eigenvalue weighted by Gasteiger charge is -2.11. The summed E-state index contributed by atoms with van der Waals surface area (Å²) in [5.41, 5.74) is 3.55. The van der Waals surface area contributed by atoms with E-state index in [1.54, 1.807) is 23.3 Å². The Kier molecular flexibility index (Phi) is 2.75. The maximum absolute atomic E-state index is 10.2. The van der Waals surface area contributed by atoms with E-state index in [9.17, 15) is 5.11 Å². The third-order valence-electron chi connectivity index (χ3n) is 2.56. The van der Waals surface area contributed by atoms with Crippen LogP contribution < -0.4 is 0 Å². The fourth-order valence-corrected chi connectivity index (χ4v) is 1.75. The highest BCUT2D eigenvalue weighted by Crippen LogP contribution is 2.22. The summed E-state index contributed by atoms with van der Waals surface area (Å²) in [5.74, 6) is 0. The number of nitrogens with zero attached hydrogens (tertiary/aromatic N) is 3. The van der Waals surface area contributed by atoms with E-state index in [0.29, 0.717) is 5.69 Å². The van der Waals surface area contributed by atoms with Crippen LogP contribution in [0.15, 0.2) is 24.7 Å². The number of rotatable bonds is 2. The molecular weight excluding hydrogens is 202 g/mol. The molecule has 0 saturated carbocycles. The smallest absolute Gasteiger partial charge is 0.124 e. The first-order chi connectivity index (χ1) is 7.58. The summed E-state index contributed by atoms with van der Waals surface area (Å²) in [4.78, 5) is 4.28. The molecule has 2 heterocycles. The first kappa shape index (κ1) is 10.8. The number of aryl methyl sites for hydroxylation is 3. The van der Waals surface area contributed by atoms with Crippen molar-refractivity contribution >= 4 is 0 Å². The summed E-state index contributed by atoms with van der Waals surface area (Å²) in [7, 11) is 1.83. The normalized spacial score (nSPS) is 12.8. The van der Waals surface area contributed by atoms with Crippen LogP contribution in [-0.2, 0) is 7.05 Å². The Morgan fingerprint density at radius 2 is 2.06 bits per heavy atom. The lowest BCUT2D eigenvalue weighted by atomic mass is 10.0. The average Bonchev–Trinajstić information content (AvgIpc) is 2.64. The highest BCUT2D eigenvalue weighted by molar-refractivity contribution is 5.30. The maximum atomic E-state index is 10.2. The highest BCUT2D eigenvalue weighted by atomic mass is 16.3. The highest BCUT2D eigenvalue weighted by Gasteiger charge is 2.15. The second-order valence-corrected chi connectivity index (χ2v) is 4.06. The number of hydrogen-bond acceptors (Lipinski definition) is 3. The first-order valence-corrected chi connectivity index (χ1v) is 5.17. The zero-order chi connectivity index (χ0) is 11.7. The molecule has 0 amide bonds. The van der Waals surface area contributed by atoms with Gasteiger partial charge in [-0.05, 0) is 25.0 Å². The molecule has 1 unspecified atom stereocenters. The van der Waals surface area contributed by atoms with Gasteiger partial charge in [-0.1, -0.05) is 6.07 Å². The van der Waals surface area contributed by atoms with Gasteiger partial charge in [0.05, 0.1) is 11.9 Å². The molecule has 1 N–H and O–H groups in total. The van der Waals surface area contributed by atoms with Gasteiger partial charge in [0, 0.05) is 25.0 Å². The number of hydrogen-bond donors (Lipinski definition) is 1. The second kappa shape index (κ2) is 4.06. The molecule has 84 valence electrons. The van der Waals surface area contributed by atoms with Gasteiger partial charge in [0.25, 0.3) is 0 Å². The first-order valence-electron chi connectivity index (χ1n) is 5.17. The van der Waals surface area contributed by atoms with Crippen molar-refractivity contribution in [2.75, 3.05) is 0 Å². The van der Waals surface area contributed by atoms with E-state index < -0.39 is 6.10 Å². The molecule has 0 bridgehead atoms. The molecule has 0 aliphatic heterocycles. The topological polar surface area (TPSA) is 50.9 Å². The van der Waals surface area contributed by atoms with Gasteiger partial charge in [0.15, 0.2) is 0 Å². The van der Waals surface area contributed by atoms with Crippen molar-refractivity contribution in [3.8, 4) is 0 Å². The quantitative estimate of drug-likeness (QED) is 0.829. The summed E-state index contributed by atoms with van der Waals surface area (Å²) in [5, 5.41) is 14.2. The maximum Gasteiger partial charge on any atom is 0.124 e. The molecule has 4 nitrogen and oxygen atoms in total. The molecule has 16 heavy (non-hydrogen) atoms. The zero-order valence-electron chi connectivity index (χ0n) is 9.68. The van der Waals surface area contributed by atoms with Crippen molar-refractivity contribution in [1.82, 2.24) is 14.8 Å². The summed E-state index contributed by atoms with van der Waals surface area (Å²) in [6.45, 7) is 3.94. The second-order valence-electron chi connectivity index (χ2n) is 4.06. The van der Waals surface area contributed by atoms with E-state index >= 15 is 0 Å². The summed E-state index contributed by atoms with van der Waals surface area (Å²) in [6.07, 6.45) is 4.52. The Labute approximate surface area is 94.6 Å². The fourth-order valence-electron chi connectivity index (χ4n) is 1.75. The van der Waals surface area contributed by atoms with E-state index in [-0.39, 0.29) is 0 Å². The molecule has 0 saturated heterocycles. The van der Waals surface area contributed by atoms with Crippen molar-refractivity contribution in [2.24, 2.45) is 7.05 Å². The van der Waals surface area contributed by atoms with Gasteiger partial charge in [-0.15, -0.1) is 0 Å². The van der Waals surface area contributed by atoms with Gasteiger partial charge in [0.1, 0.15) is 6.10 Å². The van der Waals surface area contributed by atoms with Crippen LogP contribution in [0.25, 0.3) is 0 Å². The molecule has 0 aliphatic rings. The summed E-state index contributed by atoms with van der Waals surface area (Å²) < 4.78 is 1.67. The minimum absolute atomic E-state index is 0.693. The minimum atomic E-state index is -0.700. The van der Waals surface area contributed by atoms with Gasteiger partial charge in [-0.3, -0.25) is 9.67 Å². The minimum Gasteiger partial charge on any atom is -0.382 e. The van der Waals surface area contributed by atoms with E-state index in [2.05, 4.69) is 10.1 Å². The Morgan fingerprint density at radius 3 is 2.62 bits per heavy atom. The van der Waals surface area contributed by atoms with Crippen molar-refractivity contribution in [1.29, 1.82) is 0 Å². The van der Waals surface area contributed by atoms with Crippen LogP contribution in [0.1, 0.15) is 28.5 Å². The lowest BCUT2D eigenvalue weighted by Crippen LogP contribution is -2.04. The number of aromatic nitrogens is 3. The molecule has 0 aliphatic carbocycles. The molecule has 2 aromatic heterocycles. The van der Waals surface area contributed by atoms with E-state index in [1.807, 2.05) is 27.0 Å². The molecule has 1 atom stereocenters. The molecule has 0 fully saturated rings. The van der Waals surface area contributed by atoms with Crippen LogP contribution in [0.2, 0.25) is 0 Å². The van der Waals surface area contributed by atoms with E-state index in [1.165, 1.54) is 0 Å². The predicted molar refractivity (Wildman–Crippen MR) is 61.0 cm³/mol. The average molecular weight is 217 g/mol. The van der Waals surface area contributed by atoms with Crippen LogP contribution in [0.5, 0.6) is 0 Å². The molecule has 0 radical (unpaired) electrons. The van der Waals surface area contributed by atoms with Crippen LogP contribution in [0.3, 0.4) is 0 Å². The summed E-state index contributed by atoms with van der Waals surface area (Å²) >= 11 is 0. The third kappa shape index (κ3) is 1.97. The zero-order valence-corrected chi connectivity index (χ0v) is 9.68. The van der Waals surface area contributed by atoms with Crippen LogP contribution in [0.4, 0.5) is 0 Å². The lowest BCUT2D eigenvalue weighted by molar-refractivity contribution is 0.214. The number of aliphatic hydroxyl groups excluding tert-OH is 1. The number of pyridine rings is 1. The van der Waals surface area contributed by atoms with Gasteiger partial charge in [-0.2, -0.15) is 5.10 Å². The Morgan fingerprint density at radius 1 is 1.31 bits per heavy atom. The third-order valence-corrected chi connectivity index (χ3v) is 2.56. The van der Waals surface area contributed by atoms with Crippen molar-refractivity contribution in [2.45, 2.75) is 20.0 Å². The van der Waals surface area contributed by atoms with E-state index in [4.69, 9.17) is 0 Å². The Bertz CT molecular complexity index is 505. The fraction of sp³-hybridized carbons (Fsp3) is 0.333. The standard InChI is InChI=1S/C12H15N3O/c1-8-4-9(2)11(13-5-8)12(16)10-6-14-15(3)7-10/h4-7,12,16H,1-3H3. The SMILES string of the molecule is Cc1cnc(C(O)c2cnn(C)c2)c(C)c1. The van der Waals surface area contributed by atoms with Crippen molar-refractivity contribution < 1.29 is 5.11 Å². The molecule has 2 aromatic rings. The Balaban J connectivity index is 2.37. The molecule has 0 aromatic carbocycles. The van der Waals surface area contributed by atoms with Gasteiger partial charge in [-0.25, -0.2) is 0 Å². The van der Waals surface area contributed by atoms with Crippen molar-refractivity contribution in [3.63, 3.8) is 0 Å². The van der Waals surface area contributed by atoms with Gasteiger partial charge < -0.3 is 5.11 Å². The molecule has 2 rings (SSSR count). The van der Waals surface area contributed by atoms with Crippen LogP contribution in [0, 0.1) is 13.8 Å². The largest absolute Gasteiger partial charge is 0.382 e. The van der Waals surface area contributed by atoms with Gasteiger partial charge in [0.2, 0.25) is 0 Å². The molecule has 0 spiro atoms. The van der Waals surface area contributed by atoms with Crippen LogP contribution in [-0.4, -0.2) is 19.9 Å². The summed E-state index contributed by atoms with van der Waals surface area (Å²) in [6, 6.07) is 2.02. The predicted octanol–water partition coefficient (Wildman–Crippen LogP) is 1.51. The van der Waals surface area contributed by atoms with Crippen molar-refractivity contribution in [3.05, 3.63) is 47.0 Å². The molecular formula is C12H15N3O. The van der Waals surface area contributed by atoms with Crippen LogP contribution >= 0.6 is 0 Å². The molecule has 4 heteroatoms.